The summed E-state index contributed by atoms with van der Waals surface area (Å²) in [5, 5.41) is 3.50. The van der Waals surface area contributed by atoms with Crippen LogP contribution in [0.4, 0.5) is 5.82 Å². The largest absolute Gasteiger partial charge is 0.490 e. The monoisotopic (exact) mass is 447 g/mol. The van der Waals surface area contributed by atoms with Crippen LogP contribution in [0.25, 0.3) is 0 Å². The smallest absolute Gasteiger partial charge is 0.161 e. The topological polar surface area (TPSA) is 55.9 Å². The number of rotatable bonds is 10. The molecule has 1 N–H and O–H groups in total. The highest BCUT2D eigenvalue weighted by atomic mass is 16.5. The fourth-order valence-electron chi connectivity index (χ4n) is 3.87. The van der Waals surface area contributed by atoms with E-state index in [0.717, 1.165) is 66.8 Å². The van der Waals surface area contributed by atoms with Gasteiger partial charge in [0.15, 0.2) is 11.5 Å². The first-order valence-corrected chi connectivity index (χ1v) is 11.7. The number of pyridine rings is 1. The van der Waals surface area contributed by atoms with Crippen LogP contribution in [-0.2, 0) is 24.4 Å². The Hall–Kier alpha value is -3.09. The van der Waals surface area contributed by atoms with E-state index < -0.39 is 0 Å². The zero-order valence-electron chi connectivity index (χ0n) is 19.5. The quantitative estimate of drug-likeness (QED) is 0.491. The molecule has 6 nitrogen and oxygen atoms in total. The average Bonchev–Trinajstić information content (AvgIpc) is 2.85. The molecule has 1 aromatic heterocycles. The van der Waals surface area contributed by atoms with Gasteiger partial charge in [0.25, 0.3) is 0 Å². The lowest BCUT2D eigenvalue weighted by Gasteiger charge is -2.32. The number of nitrogens with zero attached hydrogens (tertiary/aromatic N) is 2. The van der Waals surface area contributed by atoms with Crippen molar-refractivity contribution in [2.24, 2.45) is 0 Å². The van der Waals surface area contributed by atoms with E-state index in [1.165, 1.54) is 0 Å². The Kier molecular flexibility index (Phi) is 8.17. The summed E-state index contributed by atoms with van der Waals surface area (Å²) in [4.78, 5) is 6.93. The molecule has 33 heavy (non-hydrogen) atoms. The van der Waals surface area contributed by atoms with Crippen molar-refractivity contribution < 1.29 is 14.2 Å². The van der Waals surface area contributed by atoms with Crippen LogP contribution in [0.2, 0.25) is 0 Å². The minimum absolute atomic E-state index is 0.249. The Balaban J connectivity index is 1.30. The first-order valence-electron chi connectivity index (χ1n) is 11.7. The number of aromatic nitrogens is 1. The minimum Gasteiger partial charge on any atom is -0.490 e. The molecule has 0 aliphatic carbocycles. The molecule has 3 aromatic rings. The van der Waals surface area contributed by atoms with Crippen LogP contribution in [0.1, 0.15) is 30.5 Å². The standard InChI is InChI=1S/C27H33N3O3/c1-3-31-26-15-23(9-11-25(26)33-20-22-7-5-4-6-8-22)16-28-17-24-10-12-27(29-18-24)30-13-14-32-21(2)19-30/h4-12,15,18,21,28H,3,13-14,16-17,19-20H2,1-2H3. The molecule has 174 valence electrons. The van der Waals surface area contributed by atoms with Gasteiger partial charge >= 0.3 is 0 Å². The molecule has 4 rings (SSSR count). The summed E-state index contributed by atoms with van der Waals surface area (Å²) in [7, 11) is 0. The van der Waals surface area contributed by atoms with Crippen LogP contribution in [0.5, 0.6) is 11.5 Å². The number of anilines is 1. The third-order valence-electron chi connectivity index (χ3n) is 5.58. The Bertz CT molecular complexity index is 995. The van der Waals surface area contributed by atoms with Crippen molar-refractivity contribution in [3.63, 3.8) is 0 Å². The molecule has 1 atom stereocenters. The Morgan fingerprint density at radius 2 is 1.79 bits per heavy atom. The van der Waals surface area contributed by atoms with Gasteiger partial charge in [-0.15, -0.1) is 0 Å². The van der Waals surface area contributed by atoms with Crippen LogP contribution in [0, 0.1) is 0 Å². The lowest BCUT2D eigenvalue weighted by Crippen LogP contribution is -2.41. The van der Waals surface area contributed by atoms with Crippen LogP contribution < -0.4 is 19.7 Å². The van der Waals surface area contributed by atoms with Gasteiger partial charge in [0.1, 0.15) is 12.4 Å². The van der Waals surface area contributed by atoms with E-state index in [9.17, 15) is 0 Å². The maximum atomic E-state index is 6.01. The van der Waals surface area contributed by atoms with E-state index in [-0.39, 0.29) is 6.10 Å². The number of benzene rings is 2. The van der Waals surface area contributed by atoms with Crippen molar-refractivity contribution >= 4 is 5.82 Å². The summed E-state index contributed by atoms with van der Waals surface area (Å²) in [5.74, 6) is 2.56. The predicted molar refractivity (Wildman–Crippen MR) is 131 cm³/mol. The SMILES string of the molecule is CCOc1cc(CNCc2ccc(N3CCOC(C)C3)nc2)ccc1OCc1ccccc1. The predicted octanol–water partition coefficient (Wildman–Crippen LogP) is 4.57. The summed E-state index contributed by atoms with van der Waals surface area (Å²) < 4.78 is 17.5. The number of hydrogen-bond acceptors (Lipinski definition) is 6. The van der Waals surface area contributed by atoms with Crippen molar-refractivity contribution in [2.45, 2.75) is 39.6 Å². The van der Waals surface area contributed by atoms with Crippen LogP contribution in [-0.4, -0.2) is 37.4 Å². The van der Waals surface area contributed by atoms with Gasteiger partial charge in [0.2, 0.25) is 0 Å². The molecule has 0 bridgehead atoms. The maximum absolute atomic E-state index is 6.01. The Morgan fingerprint density at radius 3 is 2.55 bits per heavy atom. The molecular weight excluding hydrogens is 414 g/mol. The minimum atomic E-state index is 0.249. The van der Waals surface area contributed by atoms with Crippen LogP contribution in [0.3, 0.4) is 0 Å². The van der Waals surface area contributed by atoms with Crippen LogP contribution >= 0.6 is 0 Å². The van der Waals surface area contributed by atoms with Gasteiger partial charge in [-0.05, 0) is 48.7 Å². The van der Waals surface area contributed by atoms with E-state index in [1.54, 1.807) is 0 Å². The lowest BCUT2D eigenvalue weighted by atomic mass is 10.2. The molecule has 1 saturated heterocycles. The van der Waals surface area contributed by atoms with Gasteiger partial charge in [-0.3, -0.25) is 0 Å². The molecule has 1 aliphatic heterocycles. The van der Waals surface area contributed by atoms with Crippen molar-refractivity contribution in [3.05, 3.63) is 83.6 Å². The first-order chi connectivity index (χ1) is 16.2. The first kappa shape index (κ1) is 23.1. The second kappa shape index (κ2) is 11.7. The van der Waals surface area contributed by atoms with E-state index in [2.05, 4.69) is 58.5 Å². The van der Waals surface area contributed by atoms with Gasteiger partial charge < -0.3 is 24.4 Å². The third-order valence-corrected chi connectivity index (χ3v) is 5.58. The summed E-state index contributed by atoms with van der Waals surface area (Å²) in [6.45, 7) is 9.23. The molecule has 0 spiro atoms. The van der Waals surface area contributed by atoms with Gasteiger partial charge in [0.05, 0.1) is 19.3 Å². The average molecular weight is 448 g/mol. The summed E-state index contributed by atoms with van der Waals surface area (Å²) in [6, 6.07) is 20.5. The zero-order chi connectivity index (χ0) is 22.9. The van der Waals surface area contributed by atoms with Crippen LogP contribution in [0.15, 0.2) is 66.9 Å². The summed E-state index contributed by atoms with van der Waals surface area (Å²) >= 11 is 0. The van der Waals surface area contributed by atoms with E-state index >= 15 is 0 Å². The summed E-state index contributed by atoms with van der Waals surface area (Å²) in [5.41, 5.74) is 3.44. The van der Waals surface area contributed by atoms with Crippen molar-refractivity contribution in [1.29, 1.82) is 0 Å². The highest BCUT2D eigenvalue weighted by Crippen LogP contribution is 2.29. The molecule has 1 aliphatic rings. The molecular formula is C27H33N3O3. The molecule has 1 fully saturated rings. The second-order valence-corrected chi connectivity index (χ2v) is 8.24. The van der Waals surface area contributed by atoms with E-state index in [4.69, 9.17) is 14.2 Å². The van der Waals surface area contributed by atoms with Crippen molar-refractivity contribution in [2.75, 3.05) is 31.2 Å². The molecule has 1 unspecified atom stereocenters. The third kappa shape index (κ3) is 6.70. The number of nitrogens with one attached hydrogen (secondary N) is 1. The second-order valence-electron chi connectivity index (χ2n) is 8.24. The van der Waals surface area contributed by atoms with Gasteiger partial charge in [0, 0.05) is 32.4 Å². The van der Waals surface area contributed by atoms with Gasteiger partial charge in [-0.2, -0.15) is 0 Å². The number of hydrogen-bond donors (Lipinski definition) is 1. The van der Waals surface area contributed by atoms with Gasteiger partial charge in [-0.1, -0.05) is 42.5 Å². The molecule has 0 radical (unpaired) electrons. The molecule has 2 aromatic carbocycles. The fourth-order valence-corrected chi connectivity index (χ4v) is 3.87. The lowest BCUT2D eigenvalue weighted by molar-refractivity contribution is 0.0529. The van der Waals surface area contributed by atoms with Crippen molar-refractivity contribution in [3.8, 4) is 11.5 Å². The maximum Gasteiger partial charge on any atom is 0.161 e. The normalized spacial score (nSPS) is 15.9. The number of ether oxygens (including phenoxy) is 3. The number of morpholine rings is 1. The Labute approximate surface area is 196 Å². The summed E-state index contributed by atoms with van der Waals surface area (Å²) in [6.07, 6.45) is 2.20. The highest BCUT2D eigenvalue weighted by molar-refractivity contribution is 5.43. The van der Waals surface area contributed by atoms with E-state index in [1.807, 2.05) is 37.4 Å². The molecule has 2 heterocycles. The molecule has 6 heteroatoms. The molecule has 0 amide bonds. The zero-order valence-corrected chi connectivity index (χ0v) is 19.5. The molecule has 0 saturated carbocycles. The Morgan fingerprint density at radius 1 is 0.970 bits per heavy atom. The van der Waals surface area contributed by atoms with E-state index in [0.29, 0.717) is 13.2 Å². The highest BCUT2D eigenvalue weighted by Gasteiger charge is 2.17. The van der Waals surface area contributed by atoms with Gasteiger partial charge in [-0.25, -0.2) is 4.98 Å². The fraction of sp³-hybridized carbons (Fsp3) is 0.370. The van der Waals surface area contributed by atoms with Crippen molar-refractivity contribution in [1.82, 2.24) is 10.3 Å².